The zero-order valence-electron chi connectivity index (χ0n) is 17.1. The summed E-state index contributed by atoms with van der Waals surface area (Å²) >= 11 is 0. The summed E-state index contributed by atoms with van der Waals surface area (Å²) in [5.74, 6) is -1.75. The van der Waals surface area contributed by atoms with E-state index >= 15 is 0 Å². The van der Waals surface area contributed by atoms with Crippen molar-refractivity contribution in [2.75, 3.05) is 6.61 Å². The average molecular weight is 432 g/mol. The Morgan fingerprint density at radius 2 is 1.78 bits per heavy atom. The van der Waals surface area contributed by atoms with Crippen LogP contribution in [0.2, 0.25) is 0 Å². The first kappa shape index (κ1) is 22.5. The Labute approximate surface area is 185 Å². The van der Waals surface area contributed by atoms with Crippen LogP contribution in [0, 0.1) is 22.6 Å². The monoisotopic (exact) mass is 432 g/mol. The predicted molar refractivity (Wildman–Crippen MR) is 117 cm³/mol. The highest BCUT2D eigenvalue weighted by Gasteiger charge is 2.15. The van der Waals surface area contributed by atoms with E-state index in [1.807, 2.05) is 24.3 Å². The molecule has 0 aliphatic rings. The van der Waals surface area contributed by atoms with Gasteiger partial charge >= 0.3 is 5.97 Å². The fourth-order valence-electron chi connectivity index (χ4n) is 3.00. The number of ether oxygens (including phenoxy) is 2. The molecule has 0 aliphatic carbocycles. The van der Waals surface area contributed by atoms with Crippen LogP contribution in [0.15, 0.2) is 72.8 Å². The Morgan fingerprint density at radius 3 is 2.41 bits per heavy atom. The lowest BCUT2D eigenvalue weighted by atomic mass is 9.97. The molecule has 7 heteroatoms. The van der Waals surface area contributed by atoms with Crippen LogP contribution in [-0.4, -0.2) is 23.4 Å². The average Bonchev–Trinajstić information content (AvgIpc) is 2.81. The number of halogens is 1. The Bertz CT molecular complexity index is 1120. The van der Waals surface area contributed by atoms with Gasteiger partial charge in [-0.25, -0.2) is 4.39 Å². The van der Waals surface area contributed by atoms with Gasteiger partial charge in [0.15, 0.2) is 11.6 Å². The lowest BCUT2D eigenvalue weighted by Gasteiger charge is -2.11. The maximum absolute atomic E-state index is 14.4. The van der Waals surface area contributed by atoms with Crippen LogP contribution < -0.4 is 9.47 Å². The van der Waals surface area contributed by atoms with Gasteiger partial charge < -0.3 is 20.0 Å². The summed E-state index contributed by atoms with van der Waals surface area (Å²) in [5.41, 5.74) is 2.16. The number of nitrogens with zero attached hydrogens (tertiary/aromatic N) is 1. The third-order valence-electron chi connectivity index (χ3n) is 4.71. The van der Waals surface area contributed by atoms with E-state index in [2.05, 4.69) is 0 Å². The van der Waals surface area contributed by atoms with Crippen molar-refractivity contribution in [2.24, 2.45) is 0 Å². The normalized spacial score (nSPS) is 11.2. The molecule has 0 heterocycles. The number of carboxylic acids is 1. The van der Waals surface area contributed by atoms with Gasteiger partial charge in [0.1, 0.15) is 19.0 Å². The minimum absolute atomic E-state index is 0.0469. The van der Waals surface area contributed by atoms with Gasteiger partial charge in [0.25, 0.3) is 0 Å². The minimum Gasteiger partial charge on any atom is -0.489 e. The van der Waals surface area contributed by atoms with E-state index in [0.717, 1.165) is 0 Å². The number of benzene rings is 3. The molecule has 6 nitrogen and oxygen atoms in total. The summed E-state index contributed by atoms with van der Waals surface area (Å²) in [4.78, 5) is 10.8. The van der Waals surface area contributed by atoms with E-state index < -0.39 is 17.7 Å². The number of carboxylic acid groups (broad SMARTS) is 1. The Kier molecular flexibility index (Phi) is 7.55. The van der Waals surface area contributed by atoms with Crippen molar-refractivity contribution in [3.63, 3.8) is 0 Å². The van der Waals surface area contributed by atoms with Crippen molar-refractivity contribution < 1.29 is 23.8 Å². The van der Waals surface area contributed by atoms with Crippen molar-refractivity contribution in [2.45, 2.75) is 18.9 Å². The molecule has 3 rings (SSSR count). The fraction of sp³-hybridized carbons (Fsp3) is 0.160. The molecule has 0 amide bonds. The van der Waals surface area contributed by atoms with Crippen LogP contribution >= 0.6 is 0 Å². The topological polar surface area (TPSA) is 103 Å². The van der Waals surface area contributed by atoms with Gasteiger partial charge in [-0.2, -0.15) is 5.26 Å². The van der Waals surface area contributed by atoms with Crippen molar-refractivity contribution in [3.8, 4) is 17.6 Å². The highest BCUT2D eigenvalue weighted by atomic mass is 19.1. The van der Waals surface area contributed by atoms with Crippen molar-refractivity contribution >= 4 is 11.7 Å². The molecule has 0 aromatic heterocycles. The van der Waals surface area contributed by atoms with Gasteiger partial charge in [-0.15, -0.1) is 0 Å². The number of carbonyl (C=O) groups is 1. The van der Waals surface area contributed by atoms with Gasteiger partial charge in [-0.1, -0.05) is 48.5 Å². The third-order valence-corrected chi connectivity index (χ3v) is 4.71. The zero-order valence-corrected chi connectivity index (χ0v) is 17.1. The molecule has 162 valence electrons. The smallest absolute Gasteiger partial charge is 0.305 e. The molecule has 0 saturated carbocycles. The summed E-state index contributed by atoms with van der Waals surface area (Å²) in [7, 11) is 0. The number of hydrogen-bond acceptors (Lipinski definition) is 5. The van der Waals surface area contributed by atoms with E-state index in [4.69, 9.17) is 25.3 Å². The summed E-state index contributed by atoms with van der Waals surface area (Å²) in [6, 6.07) is 22.1. The van der Waals surface area contributed by atoms with Gasteiger partial charge in [0.05, 0.1) is 24.1 Å². The quantitative estimate of drug-likeness (QED) is 0.442. The van der Waals surface area contributed by atoms with Gasteiger partial charge in [0.2, 0.25) is 0 Å². The maximum atomic E-state index is 14.4. The van der Waals surface area contributed by atoms with Crippen LogP contribution in [0.3, 0.4) is 0 Å². The molecule has 1 atom stereocenters. The minimum atomic E-state index is -1.04. The fourth-order valence-corrected chi connectivity index (χ4v) is 3.00. The second kappa shape index (κ2) is 10.7. The first-order valence-corrected chi connectivity index (χ1v) is 9.84. The molecule has 0 bridgehead atoms. The summed E-state index contributed by atoms with van der Waals surface area (Å²) in [6.07, 6.45) is -0.269. The Hall–Kier alpha value is -4.18. The third kappa shape index (κ3) is 6.16. The highest BCUT2D eigenvalue weighted by Crippen LogP contribution is 2.23. The molecule has 3 aromatic carbocycles. The van der Waals surface area contributed by atoms with Crippen molar-refractivity contribution in [3.05, 3.63) is 95.3 Å². The number of rotatable bonds is 10. The number of nitrogens with one attached hydrogen (secondary N) is 1. The molecule has 32 heavy (non-hydrogen) atoms. The first-order valence-electron chi connectivity index (χ1n) is 9.84. The van der Waals surface area contributed by atoms with Crippen LogP contribution in [0.25, 0.3) is 0 Å². The SMILES string of the molecule is N#CC(CC(=O)O)c1ccc(OCc2ccc(OCC(=N)c3ccccc3)c(F)c2)cc1. The van der Waals surface area contributed by atoms with E-state index in [1.54, 1.807) is 42.5 Å². The largest absolute Gasteiger partial charge is 0.489 e. The summed E-state index contributed by atoms with van der Waals surface area (Å²) < 4.78 is 25.5. The lowest BCUT2D eigenvalue weighted by molar-refractivity contribution is -0.137. The number of hydrogen-bond donors (Lipinski definition) is 2. The number of aliphatic carboxylic acids is 1. The molecule has 2 N–H and O–H groups in total. The summed E-state index contributed by atoms with van der Waals surface area (Å²) in [5, 5.41) is 26.0. The van der Waals surface area contributed by atoms with Gasteiger partial charge in [-0.3, -0.25) is 4.79 Å². The molecule has 0 saturated heterocycles. The standard InChI is InChI=1S/C25H21FN2O4/c26-22-12-17(6-11-24(22)32-16-23(28)19-4-2-1-3-5-19)15-31-21-9-7-18(8-10-21)20(14-27)13-25(29)30/h1-12,20,28H,13,15-16H2,(H,29,30). The lowest BCUT2D eigenvalue weighted by Crippen LogP contribution is -2.12. The molecule has 0 spiro atoms. The van der Waals surface area contributed by atoms with Crippen LogP contribution in [-0.2, 0) is 11.4 Å². The Balaban J connectivity index is 1.55. The molecular formula is C25H21FN2O4. The molecule has 0 aliphatic heterocycles. The highest BCUT2D eigenvalue weighted by molar-refractivity contribution is 5.99. The van der Waals surface area contributed by atoms with E-state index in [0.29, 0.717) is 22.4 Å². The van der Waals surface area contributed by atoms with Crippen LogP contribution in [0.4, 0.5) is 4.39 Å². The predicted octanol–water partition coefficient (Wildman–Crippen LogP) is 4.93. The summed E-state index contributed by atoms with van der Waals surface area (Å²) in [6.45, 7) is 0.0713. The second-order valence-electron chi connectivity index (χ2n) is 7.04. The molecule has 1 unspecified atom stereocenters. The van der Waals surface area contributed by atoms with E-state index in [9.17, 15) is 9.18 Å². The van der Waals surface area contributed by atoms with Gasteiger partial charge in [-0.05, 0) is 41.0 Å². The van der Waals surface area contributed by atoms with E-state index in [-0.39, 0.29) is 31.1 Å². The first-order chi connectivity index (χ1) is 15.5. The van der Waals surface area contributed by atoms with Gasteiger partial charge in [0, 0.05) is 0 Å². The van der Waals surface area contributed by atoms with Crippen LogP contribution in [0.1, 0.15) is 29.0 Å². The molecule has 0 radical (unpaired) electrons. The zero-order chi connectivity index (χ0) is 22.9. The van der Waals surface area contributed by atoms with Crippen LogP contribution in [0.5, 0.6) is 11.5 Å². The van der Waals surface area contributed by atoms with E-state index in [1.165, 1.54) is 12.1 Å². The number of nitriles is 1. The maximum Gasteiger partial charge on any atom is 0.305 e. The second-order valence-corrected chi connectivity index (χ2v) is 7.04. The van der Waals surface area contributed by atoms with Crippen molar-refractivity contribution in [1.82, 2.24) is 0 Å². The molecule has 0 fully saturated rings. The Morgan fingerprint density at radius 1 is 1.06 bits per heavy atom. The molecular weight excluding hydrogens is 411 g/mol. The van der Waals surface area contributed by atoms with Crippen molar-refractivity contribution in [1.29, 1.82) is 10.7 Å². The molecule has 3 aromatic rings.